The number of carbonyl (C=O) groups is 1. The van der Waals surface area contributed by atoms with Crippen LogP contribution in [0.25, 0.3) is 0 Å². The second kappa shape index (κ2) is 7.03. The highest BCUT2D eigenvalue weighted by Gasteiger charge is 2.28. The Balaban J connectivity index is 2.97. The summed E-state index contributed by atoms with van der Waals surface area (Å²) in [6, 6.07) is 6.96. The molecule has 0 saturated heterocycles. The quantitative estimate of drug-likeness (QED) is 0.776. The molecule has 0 fully saturated rings. The lowest BCUT2D eigenvalue weighted by molar-refractivity contribution is -0.144. The number of benzene rings is 1. The highest BCUT2D eigenvalue weighted by molar-refractivity contribution is 5.75. The summed E-state index contributed by atoms with van der Waals surface area (Å²) in [5.74, 6) is -1.21. The summed E-state index contributed by atoms with van der Waals surface area (Å²) in [6.07, 6.45) is -2.65. The van der Waals surface area contributed by atoms with E-state index in [1.165, 1.54) is 0 Å². The fourth-order valence-electron chi connectivity index (χ4n) is 1.78. The summed E-state index contributed by atoms with van der Waals surface area (Å²) in [5.41, 5.74) is 0.416. The predicted octanol–water partition coefficient (Wildman–Crippen LogP) is 1.37. The van der Waals surface area contributed by atoms with Crippen LogP contribution in [0.1, 0.15) is 11.6 Å². The van der Waals surface area contributed by atoms with Crippen LogP contribution in [0.5, 0.6) is 0 Å². The summed E-state index contributed by atoms with van der Waals surface area (Å²) in [6.45, 7) is -1.17. The highest BCUT2D eigenvalue weighted by atomic mass is 19.3. The van der Waals surface area contributed by atoms with Gasteiger partial charge in [0, 0.05) is 6.54 Å². The molecule has 6 heteroatoms. The molecule has 1 aromatic rings. The molecule has 4 nitrogen and oxygen atoms in total. The Morgan fingerprint density at radius 1 is 1.28 bits per heavy atom. The molecule has 0 aliphatic heterocycles. The first-order valence-corrected chi connectivity index (χ1v) is 5.47. The second-order valence-electron chi connectivity index (χ2n) is 3.76. The molecule has 0 aliphatic rings. The Morgan fingerprint density at radius 2 is 1.89 bits per heavy atom. The molecule has 1 rings (SSSR count). The molecule has 0 aromatic heterocycles. The number of alkyl halides is 2. The summed E-state index contributed by atoms with van der Waals surface area (Å²) >= 11 is 0. The van der Waals surface area contributed by atoms with Gasteiger partial charge in [0.1, 0.15) is 6.04 Å². The summed E-state index contributed by atoms with van der Waals surface area (Å²) in [5, 5.41) is 18.0. The second-order valence-corrected chi connectivity index (χ2v) is 3.76. The summed E-state index contributed by atoms with van der Waals surface area (Å²) < 4.78 is 24.9. The van der Waals surface area contributed by atoms with Gasteiger partial charge in [-0.3, -0.25) is 9.69 Å². The number of hydrogen-bond donors (Lipinski definition) is 2. The number of halogens is 2. The third kappa shape index (κ3) is 4.05. The molecule has 0 spiro atoms. The fourth-order valence-corrected chi connectivity index (χ4v) is 1.78. The van der Waals surface area contributed by atoms with Gasteiger partial charge in [0.2, 0.25) is 0 Å². The predicted molar refractivity (Wildman–Crippen MR) is 61.5 cm³/mol. The van der Waals surface area contributed by atoms with E-state index in [9.17, 15) is 13.6 Å². The Labute approximate surface area is 103 Å². The van der Waals surface area contributed by atoms with Crippen molar-refractivity contribution in [2.45, 2.75) is 12.5 Å². The number of aliphatic hydroxyl groups excluding tert-OH is 1. The maximum Gasteiger partial charge on any atom is 0.325 e. The number of rotatable bonds is 7. The van der Waals surface area contributed by atoms with Crippen LogP contribution in [-0.4, -0.2) is 47.2 Å². The van der Waals surface area contributed by atoms with E-state index in [1.807, 2.05) is 0 Å². The van der Waals surface area contributed by atoms with E-state index in [4.69, 9.17) is 10.2 Å². The maximum absolute atomic E-state index is 12.4. The smallest absolute Gasteiger partial charge is 0.325 e. The van der Waals surface area contributed by atoms with Gasteiger partial charge in [-0.25, -0.2) is 8.78 Å². The average molecular weight is 259 g/mol. The van der Waals surface area contributed by atoms with Gasteiger partial charge in [0.05, 0.1) is 13.2 Å². The first kappa shape index (κ1) is 14.5. The Kier molecular flexibility index (Phi) is 5.67. The molecule has 0 amide bonds. The van der Waals surface area contributed by atoms with Gasteiger partial charge in [-0.05, 0) is 5.56 Å². The topological polar surface area (TPSA) is 60.8 Å². The van der Waals surface area contributed by atoms with Crippen molar-refractivity contribution in [2.75, 3.05) is 19.7 Å². The minimum absolute atomic E-state index is 0.115. The molecular formula is C12H15F2NO3. The van der Waals surface area contributed by atoms with Crippen molar-refractivity contribution < 1.29 is 23.8 Å². The minimum Gasteiger partial charge on any atom is -0.480 e. The minimum atomic E-state index is -2.65. The van der Waals surface area contributed by atoms with Gasteiger partial charge in [-0.1, -0.05) is 30.3 Å². The van der Waals surface area contributed by atoms with Crippen LogP contribution >= 0.6 is 0 Å². The third-order valence-corrected chi connectivity index (χ3v) is 2.47. The molecule has 0 radical (unpaired) electrons. The standard InChI is InChI=1S/C12H15F2NO3/c13-10(14)8-15(6-7-16)11(12(17)18)9-4-2-1-3-5-9/h1-5,10-11,16H,6-8H2,(H,17,18). The molecule has 2 N–H and O–H groups in total. The van der Waals surface area contributed by atoms with Crippen LogP contribution in [0.4, 0.5) is 8.78 Å². The number of aliphatic hydroxyl groups is 1. The van der Waals surface area contributed by atoms with Gasteiger partial charge >= 0.3 is 5.97 Å². The van der Waals surface area contributed by atoms with Crippen molar-refractivity contribution in [1.29, 1.82) is 0 Å². The monoisotopic (exact) mass is 259 g/mol. The van der Waals surface area contributed by atoms with Crippen molar-refractivity contribution in [3.8, 4) is 0 Å². The van der Waals surface area contributed by atoms with E-state index in [2.05, 4.69) is 0 Å². The molecule has 18 heavy (non-hydrogen) atoms. The molecule has 100 valence electrons. The zero-order valence-electron chi connectivity index (χ0n) is 9.67. The van der Waals surface area contributed by atoms with Crippen molar-refractivity contribution in [3.05, 3.63) is 35.9 Å². The molecule has 0 heterocycles. The van der Waals surface area contributed by atoms with Crippen LogP contribution in [0.15, 0.2) is 30.3 Å². The van der Waals surface area contributed by atoms with Crippen molar-refractivity contribution in [3.63, 3.8) is 0 Å². The van der Waals surface area contributed by atoms with E-state index >= 15 is 0 Å². The SMILES string of the molecule is O=C(O)C(c1ccccc1)N(CCO)CC(F)F. The van der Waals surface area contributed by atoms with E-state index in [0.29, 0.717) is 5.56 Å². The lowest BCUT2D eigenvalue weighted by Gasteiger charge is -2.28. The number of hydrogen-bond acceptors (Lipinski definition) is 3. The van der Waals surface area contributed by atoms with E-state index in [0.717, 1.165) is 4.90 Å². The number of aliphatic carboxylic acids is 1. The molecule has 1 atom stereocenters. The first-order valence-electron chi connectivity index (χ1n) is 5.47. The lowest BCUT2D eigenvalue weighted by atomic mass is 10.1. The number of nitrogens with zero attached hydrogens (tertiary/aromatic N) is 1. The largest absolute Gasteiger partial charge is 0.480 e. The van der Waals surface area contributed by atoms with Crippen molar-refractivity contribution in [1.82, 2.24) is 4.90 Å². The van der Waals surface area contributed by atoms with Crippen LogP contribution in [-0.2, 0) is 4.79 Å². The molecular weight excluding hydrogens is 244 g/mol. The van der Waals surface area contributed by atoms with Crippen molar-refractivity contribution >= 4 is 5.97 Å². The molecule has 0 aliphatic carbocycles. The highest BCUT2D eigenvalue weighted by Crippen LogP contribution is 2.21. The van der Waals surface area contributed by atoms with Crippen LogP contribution < -0.4 is 0 Å². The maximum atomic E-state index is 12.4. The molecule has 1 aromatic carbocycles. The van der Waals surface area contributed by atoms with Crippen LogP contribution in [0.3, 0.4) is 0 Å². The van der Waals surface area contributed by atoms with Crippen LogP contribution in [0.2, 0.25) is 0 Å². The lowest BCUT2D eigenvalue weighted by Crippen LogP contribution is -2.39. The zero-order chi connectivity index (χ0) is 13.5. The van der Waals surface area contributed by atoms with Gasteiger partial charge in [-0.2, -0.15) is 0 Å². The molecule has 1 unspecified atom stereocenters. The van der Waals surface area contributed by atoms with E-state index < -0.39 is 25.0 Å². The van der Waals surface area contributed by atoms with E-state index in [-0.39, 0.29) is 13.2 Å². The summed E-state index contributed by atoms with van der Waals surface area (Å²) in [4.78, 5) is 12.3. The van der Waals surface area contributed by atoms with Gasteiger partial charge in [0.15, 0.2) is 0 Å². The summed E-state index contributed by atoms with van der Waals surface area (Å²) in [7, 11) is 0. The van der Waals surface area contributed by atoms with Crippen molar-refractivity contribution in [2.24, 2.45) is 0 Å². The Morgan fingerprint density at radius 3 is 2.33 bits per heavy atom. The number of carboxylic acids is 1. The Hall–Kier alpha value is -1.53. The van der Waals surface area contributed by atoms with Crippen LogP contribution in [0, 0.1) is 0 Å². The first-order chi connectivity index (χ1) is 8.56. The molecule has 0 saturated carbocycles. The van der Waals surface area contributed by atoms with Gasteiger partial charge in [-0.15, -0.1) is 0 Å². The zero-order valence-corrected chi connectivity index (χ0v) is 9.67. The van der Waals surface area contributed by atoms with E-state index in [1.54, 1.807) is 30.3 Å². The number of carboxylic acid groups (broad SMARTS) is 1. The third-order valence-electron chi connectivity index (χ3n) is 2.47. The average Bonchev–Trinajstić information content (AvgIpc) is 2.29. The molecule has 0 bridgehead atoms. The fraction of sp³-hybridized carbons (Fsp3) is 0.417. The Bertz CT molecular complexity index is 373. The van der Waals surface area contributed by atoms with Gasteiger partial charge in [0.25, 0.3) is 6.43 Å². The normalized spacial score (nSPS) is 12.9. The van der Waals surface area contributed by atoms with Gasteiger partial charge < -0.3 is 10.2 Å².